The van der Waals surface area contributed by atoms with Crippen molar-refractivity contribution in [2.75, 3.05) is 12.3 Å². The molecule has 1 aromatic rings. The molecule has 1 unspecified atom stereocenters. The van der Waals surface area contributed by atoms with E-state index in [1.807, 2.05) is 11.8 Å². The predicted octanol–water partition coefficient (Wildman–Crippen LogP) is 4.81. The van der Waals surface area contributed by atoms with E-state index in [9.17, 15) is 0 Å². The van der Waals surface area contributed by atoms with Crippen LogP contribution in [0.3, 0.4) is 0 Å². The van der Waals surface area contributed by atoms with Crippen molar-refractivity contribution in [1.29, 1.82) is 0 Å². The normalized spacial score (nSPS) is 13.6. The standard InChI is InChI=1S/C17H29NS/c1-7-10-18-16(17(4,5)6)12-19-15-9-8-13(2)11-14(15)3/h8-9,11,16,18H,7,10,12H2,1-6H3. The van der Waals surface area contributed by atoms with Crippen molar-refractivity contribution >= 4 is 11.8 Å². The molecule has 0 aliphatic rings. The maximum absolute atomic E-state index is 3.69. The molecule has 0 aromatic heterocycles. The van der Waals surface area contributed by atoms with Crippen molar-refractivity contribution < 1.29 is 0 Å². The Kier molecular flexibility index (Phi) is 6.41. The number of benzene rings is 1. The summed E-state index contributed by atoms with van der Waals surface area (Å²) in [6.45, 7) is 14.7. The van der Waals surface area contributed by atoms with Crippen LogP contribution < -0.4 is 5.32 Å². The minimum Gasteiger partial charge on any atom is -0.313 e. The molecule has 0 radical (unpaired) electrons. The van der Waals surface area contributed by atoms with Crippen molar-refractivity contribution in [3.05, 3.63) is 29.3 Å². The van der Waals surface area contributed by atoms with Crippen LogP contribution in [0, 0.1) is 19.3 Å². The highest BCUT2D eigenvalue weighted by Gasteiger charge is 2.23. The highest BCUT2D eigenvalue weighted by atomic mass is 32.2. The Labute approximate surface area is 123 Å². The van der Waals surface area contributed by atoms with Gasteiger partial charge in [-0.3, -0.25) is 0 Å². The van der Waals surface area contributed by atoms with Gasteiger partial charge in [0.15, 0.2) is 0 Å². The van der Waals surface area contributed by atoms with Gasteiger partial charge in [0.25, 0.3) is 0 Å². The lowest BCUT2D eigenvalue weighted by molar-refractivity contribution is 0.292. The van der Waals surface area contributed by atoms with Crippen LogP contribution in [0.4, 0.5) is 0 Å². The van der Waals surface area contributed by atoms with Crippen LogP contribution >= 0.6 is 11.8 Å². The van der Waals surface area contributed by atoms with E-state index in [-0.39, 0.29) is 0 Å². The van der Waals surface area contributed by atoms with Crippen molar-refractivity contribution in [3.63, 3.8) is 0 Å². The van der Waals surface area contributed by atoms with E-state index >= 15 is 0 Å². The minimum absolute atomic E-state index is 0.306. The van der Waals surface area contributed by atoms with Gasteiger partial charge in [0, 0.05) is 16.7 Å². The van der Waals surface area contributed by atoms with Crippen LogP contribution in [0.15, 0.2) is 23.1 Å². The smallest absolute Gasteiger partial charge is 0.0210 e. The van der Waals surface area contributed by atoms with Gasteiger partial charge in [-0.1, -0.05) is 45.4 Å². The SMILES string of the molecule is CCCNC(CSc1ccc(C)cc1C)C(C)(C)C. The number of rotatable bonds is 6. The Morgan fingerprint density at radius 2 is 1.89 bits per heavy atom. The zero-order valence-corrected chi connectivity index (χ0v) is 14.2. The van der Waals surface area contributed by atoms with E-state index < -0.39 is 0 Å². The Morgan fingerprint density at radius 3 is 2.42 bits per heavy atom. The number of thioether (sulfide) groups is 1. The van der Waals surface area contributed by atoms with Crippen LogP contribution in [0.2, 0.25) is 0 Å². The average molecular weight is 279 g/mol. The molecule has 108 valence electrons. The van der Waals surface area contributed by atoms with Gasteiger partial charge in [0.05, 0.1) is 0 Å². The van der Waals surface area contributed by atoms with Crippen LogP contribution in [-0.4, -0.2) is 18.3 Å². The second-order valence-corrected chi connectivity index (χ2v) is 7.51. The Balaban J connectivity index is 2.65. The third-order valence-electron chi connectivity index (χ3n) is 3.42. The third-order valence-corrected chi connectivity index (χ3v) is 4.69. The first-order valence-electron chi connectivity index (χ1n) is 7.28. The van der Waals surface area contributed by atoms with Gasteiger partial charge in [0.1, 0.15) is 0 Å². The lowest BCUT2D eigenvalue weighted by Gasteiger charge is -2.31. The van der Waals surface area contributed by atoms with Crippen molar-refractivity contribution in [2.45, 2.75) is 58.9 Å². The number of hydrogen-bond donors (Lipinski definition) is 1. The van der Waals surface area contributed by atoms with E-state index in [1.165, 1.54) is 22.4 Å². The average Bonchev–Trinajstić information content (AvgIpc) is 2.29. The number of aryl methyl sites for hydroxylation is 2. The summed E-state index contributed by atoms with van der Waals surface area (Å²) >= 11 is 1.98. The first-order valence-corrected chi connectivity index (χ1v) is 8.26. The first-order chi connectivity index (χ1) is 8.84. The Bertz CT molecular complexity index is 393. The molecule has 0 aliphatic carbocycles. The minimum atomic E-state index is 0.306. The second kappa shape index (κ2) is 7.35. The molecule has 1 N–H and O–H groups in total. The molecular weight excluding hydrogens is 250 g/mol. The maximum atomic E-state index is 3.69. The summed E-state index contributed by atoms with van der Waals surface area (Å²) in [6.07, 6.45) is 1.20. The fourth-order valence-corrected chi connectivity index (χ4v) is 3.48. The van der Waals surface area contributed by atoms with Gasteiger partial charge in [-0.2, -0.15) is 0 Å². The van der Waals surface area contributed by atoms with E-state index in [1.54, 1.807) is 0 Å². The second-order valence-electron chi connectivity index (χ2n) is 6.45. The molecule has 2 heteroatoms. The summed E-state index contributed by atoms with van der Waals surface area (Å²) in [5, 5.41) is 3.69. The Hall–Kier alpha value is -0.470. The van der Waals surface area contributed by atoms with Crippen LogP contribution in [0.25, 0.3) is 0 Å². The third kappa shape index (κ3) is 5.58. The molecule has 0 saturated carbocycles. The molecule has 0 heterocycles. The van der Waals surface area contributed by atoms with Gasteiger partial charge in [-0.25, -0.2) is 0 Å². The fourth-order valence-electron chi connectivity index (χ4n) is 2.07. The monoisotopic (exact) mass is 279 g/mol. The van der Waals surface area contributed by atoms with Crippen molar-refractivity contribution in [2.24, 2.45) is 5.41 Å². The molecule has 0 saturated heterocycles. The van der Waals surface area contributed by atoms with Gasteiger partial charge < -0.3 is 5.32 Å². The number of nitrogens with one attached hydrogen (secondary N) is 1. The summed E-state index contributed by atoms with van der Waals surface area (Å²) in [6, 6.07) is 7.29. The zero-order valence-electron chi connectivity index (χ0n) is 13.3. The van der Waals surface area contributed by atoms with Crippen molar-refractivity contribution in [1.82, 2.24) is 5.32 Å². The summed E-state index contributed by atoms with van der Waals surface area (Å²) in [5.74, 6) is 1.13. The zero-order chi connectivity index (χ0) is 14.5. The largest absolute Gasteiger partial charge is 0.313 e. The van der Waals surface area contributed by atoms with Gasteiger partial charge in [-0.15, -0.1) is 11.8 Å². The molecule has 1 atom stereocenters. The molecule has 1 nitrogen and oxygen atoms in total. The van der Waals surface area contributed by atoms with Gasteiger partial charge >= 0.3 is 0 Å². The molecular formula is C17H29NS. The van der Waals surface area contributed by atoms with Gasteiger partial charge in [-0.05, 0) is 43.9 Å². The van der Waals surface area contributed by atoms with Crippen LogP contribution in [0.1, 0.15) is 45.2 Å². The first kappa shape index (κ1) is 16.6. The lowest BCUT2D eigenvalue weighted by Crippen LogP contribution is -2.42. The molecule has 0 fully saturated rings. The van der Waals surface area contributed by atoms with Gasteiger partial charge in [0.2, 0.25) is 0 Å². The highest BCUT2D eigenvalue weighted by Crippen LogP contribution is 2.28. The topological polar surface area (TPSA) is 12.0 Å². The summed E-state index contributed by atoms with van der Waals surface area (Å²) in [7, 11) is 0. The molecule has 0 bridgehead atoms. The lowest BCUT2D eigenvalue weighted by atomic mass is 9.88. The molecule has 19 heavy (non-hydrogen) atoms. The van der Waals surface area contributed by atoms with E-state index in [2.05, 4.69) is 65.1 Å². The van der Waals surface area contributed by atoms with E-state index in [0.717, 1.165) is 12.3 Å². The van der Waals surface area contributed by atoms with Crippen LogP contribution in [-0.2, 0) is 0 Å². The van der Waals surface area contributed by atoms with E-state index in [0.29, 0.717) is 11.5 Å². The highest BCUT2D eigenvalue weighted by molar-refractivity contribution is 7.99. The Morgan fingerprint density at radius 1 is 1.21 bits per heavy atom. The summed E-state index contributed by atoms with van der Waals surface area (Å²) < 4.78 is 0. The maximum Gasteiger partial charge on any atom is 0.0210 e. The molecule has 0 aliphatic heterocycles. The molecule has 1 aromatic carbocycles. The van der Waals surface area contributed by atoms with Crippen LogP contribution in [0.5, 0.6) is 0 Å². The molecule has 1 rings (SSSR count). The number of hydrogen-bond acceptors (Lipinski definition) is 2. The fraction of sp³-hybridized carbons (Fsp3) is 0.647. The summed E-state index contributed by atoms with van der Waals surface area (Å²) in [4.78, 5) is 1.41. The molecule has 0 spiro atoms. The van der Waals surface area contributed by atoms with E-state index in [4.69, 9.17) is 0 Å². The quantitative estimate of drug-likeness (QED) is 0.750. The van der Waals surface area contributed by atoms with Crippen molar-refractivity contribution in [3.8, 4) is 0 Å². The predicted molar refractivity (Wildman–Crippen MR) is 88.2 cm³/mol. The summed E-state index contributed by atoms with van der Waals surface area (Å²) in [5.41, 5.74) is 3.05. The molecule has 0 amide bonds.